The highest BCUT2D eigenvalue weighted by Crippen LogP contribution is 2.28. The monoisotopic (exact) mass is 301 g/mol. The predicted octanol–water partition coefficient (Wildman–Crippen LogP) is 3.22. The first kappa shape index (κ1) is 16.3. The number of benzene rings is 1. The first-order valence-corrected chi connectivity index (χ1v) is 7.74. The Bertz CT molecular complexity index is 598. The van der Waals surface area contributed by atoms with Crippen LogP contribution in [0.25, 0.3) is 6.08 Å². The van der Waals surface area contributed by atoms with E-state index in [2.05, 4.69) is 5.32 Å². The molecule has 2 rings (SSSR count). The van der Waals surface area contributed by atoms with Crippen molar-refractivity contribution in [1.82, 2.24) is 5.32 Å². The first-order chi connectivity index (χ1) is 10.4. The number of aliphatic carboxylic acids is 1. The summed E-state index contributed by atoms with van der Waals surface area (Å²) in [4.78, 5) is 23.7. The maximum atomic E-state index is 12.1. The van der Waals surface area contributed by atoms with E-state index < -0.39 is 11.5 Å². The summed E-state index contributed by atoms with van der Waals surface area (Å²) in [7, 11) is 0. The van der Waals surface area contributed by atoms with E-state index in [0.717, 1.165) is 36.0 Å². The van der Waals surface area contributed by atoms with Gasteiger partial charge in [-0.3, -0.25) is 4.79 Å². The molecule has 0 unspecified atom stereocenters. The van der Waals surface area contributed by atoms with Gasteiger partial charge in [0.05, 0.1) is 0 Å². The molecule has 1 aliphatic carbocycles. The number of carbonyl (C=O) groups is 2. The van der Waals surface area contributed by atoms with Gasteiger partial charge in [0.2, 0.25) is 5.91 Å². The summed E-state index contributed by atoms with van der Waals surface area (Å²) < 4.78 is 0. The topological polar surface area (TPSA) is 66.4 Å². The van der Waals surface area contributed by atoms with E-state index in [0.29, 0.717) is 12.8 Å². The van der Waals surface area contributed by atoms with Crippen LogP contribution in [0.4, 0.5) is 0 Å². The van der Waals surface area contributed by atoms with E-state index in [-0.39, 0.29) is 5.91 Å². The van der Waals surface area contributed by atoms with Crippen molar-refractivity contribution in [2.45, 2.75) is 51.5 Å². The molecule has 118 valence electrons. The summed E-state index contributed by atoms with van der Waals surface area (Å²) >= 11 is 0. The molecule has 22 heavy (non-hydrogen) atoms. The average molecular weight is 301 g/mol. The predicted molar refractivity (Wildman–Crippen MR) is 86.5 cm³/mol. The number of hydrogen-bond donors (Lipinski definition) is 2. The van der Waals surface area contributed by atoms with Crippen LogP contribution in [0.2, 0.25) is 0 Å². The van der Waals surface area contributed by atoms with E-state index in [1.54, 1.807) is 6.08 Å². The third kappa shape index (κ3) is 3.56. The molecular formula is C18H23NO3. The standard InChI is InChI=1S/C18H23NO3/c1-13-7-6-8-15(14(13)2)9-10-16(20)19-18(17(21)22)11-4-3-5-12-18/h6-10H,3-5,11-12H2,1-2H3,(H,19,20)(H,21,22)/b10-9+. The van der Waals surface area contributed by atoms with Gasteiger partial charge in [-0.2, -0.15) is 0 Å². The lowest BCUT2D eigenvalue weighted by Gasteiger charge is -2.33. The Morgan fingerprint density at radius 1 is 1.18 bits per heavy atom. The van der Waals surface area contributed by atoms with Gasteiger partial charge in [-0.15, -0.1) is 0 Å². The minimum absolute atomic E-state index is 0.342. The number of carboxylic acid groups (broad SMARTS) is 1. The van der Waals surface area contributed by atoms with Crippen molar-refractivity contribution < 1.29 is 14.7 Å². The molecule has 0 radical (unpaired) electrons. The smallest absolute Gasteiger partial charge is 0.329 e. The molecule has 0 aromatic heterocycles. The Morgan fingerprint density at radius 2 is 1.86 bits per heavy atom. The highest BCUT2D eigenvalue weighted by Gasteiger charge is 2.40. The van der Waals surface area contributed by atoms with Crippen LogP contribution in [0.3, 0.4) is 0 Å². The molecule has 4 nitrogen and oxygen atoms in total. The number of rotatable bonds is 4. The van der Waals surface area contributed by atoms with Crippen LogP contribution in [0.15, 0.2) is 24.3 Å². The van der Waals surface area contributed by atoms with Crippen molar-refractivity contribution in [2.24, 2.45) is 0 Å². The van der Waals surface area contributed by atoms with Crippen LogP contribution in [-0.2, 0) is 9.59 Å². The van der Waals surface area contributed by atoms with Gasteiger partial charge in [0.25, 0.3) is 0 Å². The van der Waals surface area contributed by atoms with E-state index in [9.17, 15) is 14.7 Å². The van der Waals surface area contributed by atoms with Gasteiger partial charge in [0.1, 0.15) is 5.54 Å². The SMILES string of the molecule is Cc1cccc(/C=C/C(=O)NC2(C(=O)O)CCCCC2)c1C. The molecule has 0 saturated heterocycles. The number of hydrogen-bond acceptors (Lipinski definition) is 2. The minimum Gasteiger partial charge on any atom is -0.480 e. The normalized spacial score (nSPS) is 17.4. The van der Waals surface area contributed by atoms with Crippen molar-refractivity contribution in [1.29, 1.82) is 0 Å². The molecule has 0 heterocycles. The van der Waals surface area contributed by atoms with Crippen molar-refractivity contribution in [3.63, 3.8) is 0 Å². The Morgan fingerprint density at radius 3 is 2.50 bits per heavy atom. The molecule has 1 amide bonds. The summed E-state index contributed by atoms with van der Waals surface area (Å²) in [6, 6.07) is 5.91. The van der Waals surface area contributed by atoms with Crippen molar-refractivity contribution in [3.8, 4) is 0 Å². The van der Waals surface area contributed by atoms with Gasteiger partial charge >= 0.3 is 5.97 Å². The van der Waals surface area contributed by atoms with Crippen molar-refractivity contribution >= 4 is 18.0 Å². The van der Waals surface area contributed by atoms with Crippen LogP contribution in [0.5, 0.6) is 0 Å². The lowest BCUT2D eigenvalue weighted by Crippen LogP contribution is -2.55. The molecule has 1 aromatic rings. The van der Waals surface area contributed by atoms with Gasteiger partial charge in [0.15, 0.2) is 0 Å². The summed E-state index contributed by atoms with van der Waals surface area (Å²) in [5, 5.41) is 12.2. The van der Waals surface area contributed by atoms with Crippen LogP contribution >= 0.6 is 0 Å². The van der Waals surface area contributed by atoms with Gasteiger partial charge in [-0.05, 0) is 49.5 Å². The fourth-order valence-corrected chi connectivity index (χ4v) is 2.94. The Kier molecular flexibility index (Phi) is 5.01. The summed E-state index contributed by atoms with van der Waals surface area (Å²) in [6.45, 7) is 4.03. The molecule has 0 atom stereocenters. The third-order valence-corrected chi connectivity index (χ3v) is 4.54. The zero-order valence-corrected chi connectivity index (χ0v) is 13.2. The average Bonchev–Trinajstić information content (AvgIpc) is 2.49. The van der Waals surface area contributed by atoms with Crippen molar-refractivity contribution in [3.05, 3.63) is 41.0 Å². The maximum absolute atomic E-state index is 12.1. The summed E-state index contributed by atoms with van der Waals surface area (Å²) in [5.41, 5.74) is 2.17. The van der Waals surface area contributed by atoms with Crippen LogP contribution in [-0.4, -0.2) is 22.5 Å². The van der Waals surface area contributed by atoms with E-state index in [1.807, 2.05) is 32.0 Å². The van der Waals surface area contributed by atoms with Gasteiger partial charge in [0, 0.05) is 6.08 Å². The lowest BCUT2D eigenvalue weighted by molar-refractivity contribution is -0.148. The third-order valence-electron chi connectivity index (χ3n) is 4.54. The van der Waals surface area contributed by atoms with Crippen LogP contribution < -0.4 is 5.32 Å². The highest BCUT2D eigenvalue weighted by molar-refractivity contribution is 5.96. The fourth-order valence-electron chi connectivity index (χ4n) is 2.94. The second-order valence-electron chi connectivity index (χ2n) is 6.06. The largest absolute Gasteiger partial charge is 0.480 e. The number of nitrogens with one attached hydrogen (secondary N) is 1. The van der Waals surface area contributed by atoms with Gasteiger partial charge in [-0.1, -0.05) is 37.5 Å². The Balaban J connectivity index is 2.10. The van der Waals surface area contributed by atoms with E-state index >= 15 is 0 Å². The second kappa shape index (κ2) is 6.77. The van der Waals surface area contributed by atoms with Crippen LogP contribution in [0.1, 0.15) is 48.8 Å². The van der Waals surface area contributed by atoms with E-state index in [1.165, 1.54) is 6.08 Å². The maximum Gasteiger partial charge on any atom is 0.329 e. The zero-order chi connectivity index (χ0) is 16.2. The Hall–Kier alpha value is -2.10. The molecule has 1 fully saturated rings. The highest BCUT2D eigenvalue weighted by atomic mass is 16.4. The number of aryl methyl sites for hydroxylation is 1. The molecule has 2 N–H and O–H groups in total. The molecule has 1 aliphatic rings. The molecule has 4 heteroatoms. The quantitative estimate of drug-likeness (QED) is 0.839. The summed E-state index contributed by atoms with van der Waals surface area (Å²) in [5.74, 6) is -1.27. The zero-order valence-electron chi connectivity index (χ0n) is 13.2. The molecule has 1 aromatic carbocycles. The van der Waals surface area contributed by atoms with Crippen LogP contribution in [0, 0.1) is 13.8 Å². The molecule has 0 aliphatic heterocycles. The molecule has 1 saturated carbocycles. The minimum atomic E-state index is -1.10. The molecule has 0 spiro atoms. The second-order valence-corrected chi connectivity index (χ2v) is 6.06. The van der Waals surface area contributed by atoms with Gasteiger partial charge < -0.3 is 10.4 Å². The van der Waals surface area contributed by atoms with Gasteiger partial charge in [-0.25, -0.2) is 4.79 Å². The number of amides is 1. The molecule has 0 bridgehead atoms. The first-order valence-electron chi connectivity index (χ1n) is 7.74. The number of carboxylic acids is 1. The molecular weight excluding hydrogens is 278 g/mol. The summed E-state index contributed by atoms with van der Waals surface area (Å²) in [6.07, 6.45) is 6.90. The Labute approximate surface area is 131 Å². The lowest BCUT2D eigenvalue weighted by atomic mass is 9.81. The number of carbonyl (C=O) groups excluding carboxylic acids is 1. The van der Waals surface area contributed by atoms with Crippen molar-refractivity contribution in [2.75, 3.05) is 0 Å². The fraction of sp³-hybridized carbons (Fsp3) is 0.444. The van der Waals surface area contributed by atoms with E-state index in [4.69, 9.17) is 0 Å².